The quantitative estimate of drug-likeness (QED) is 0.154. The summed E-state index contributed by atoms with van der Waals surface area (Å²) in [6, 6.07) is 79.2. The molecular formula is C58H39N3. The summed E-state index contributed by atoms with van der Waals surface area (Å²) < 4.78 is 0. The van der Waals surface area contributed by atoms with Crippen LogP contribution < -0.4 is 0 Å². The summed E-state index contributed by atoms with van der Waals surface area (Å²) in [5.74, 6) is 0.713. The lowest BCUT2D eigenvalue weighted by atomic mass is 9.78. The van der Waals surface area contributed by atoms with Crippen LogP contribution in [0, 0.1) is 0 Å². The summed E-state index contributed by atoms with van der Waals surface area (Å²) in [5.41, 5.74) is 20.2. The van der Waals surface area contributed by atoms with Crippen molar-refractivity contribution in [2.75, 3.05) is 0 Å². The van der Waals surface area contributed by atoms with Gasteiger partial charge in [-0.25, -0.2) is 9.97 Å². The minimum absolute atomic E-state index is 0.116. The minimum atomic E-state index is -0.116. The van der Waals surface area contributed by atoms with Crippen LogP contribution in [0.15, 0.2) is 229 Å². The van der Waals surface area contributed by atoms with Gasteiger partial charge in [0.25, 0.3) is 0 Å². The van der Waals surface area contributed by atoms with E-state index in [1.165, 1.54) is 50.1 Å². The molecule has 61 heavy (non-hydrogen) atoms. The van der Waals surface area contributed by atoms with E-state index in [1.54, 1.807) is 0 Å². The van der Waals surface area contributed by atoms with Gasteiger partial charge in [-0.05, 0) is 79.9 Å². The van der Waals surface area contributed by atoms with E-state index in [0.717, 1.165) is 50.5 Å². The molecule has 1 aromatic heterocycles. The largest absolute Gasteiger partial charge is 0.271 e. The Morgan fingerprint density at radius 3 is 1.41 bits per heavy atom. The molecule has 0 saturated heterocycles. The van der Waals surface area contributed by atoms with Gasteiger partial charge in [0.2, 0.25) is 0 Å². The molecule has 1 atom stereocenters. The van der Waals surface area contributed by atoms with Crippen LogP contribution in [0.25, 0.3) is 79.0 Å². The molecule has 1 aliphatic carbocycles. The van der Waals surface area contributed by atoms with Crippen molar-refractivity contribution < 1.29 is 0 Å². The van der Waals surface area contributed by atoms with Crippen molar-refractivity contribution in [2.24, 2.45) is 4.99 Å². The van der Waals surface area contributed by atoms with Crippen LogP contribution >= 0.6 is 0 Å². The lowest BCUT2D eigenvalue weighted by Gasteiger charge is -2.26. The number of hydrogen-bond acceptors (Lipinski definition) is 3. The third-order valence-electron chi connectivity index (χ3n) is 11.7. The van der Waals surface area contributed by atoms with Crippen LogP contribution in [0.5, 0.6) is 0 Å². The number of aromatic nitrogens is 2. The molecule has 2 aliphatic rings. The number of allylic oxidation sites excluding steroid dienone is 1. The fourth-order valence-electron chi connectivity index (χ4n) is 8.75. The highest BCUT2D eigenvalue weighted by molar-refractivity contribution is 6.41. The van der Waals surface area contributed by atoms with Gasteiger partial charge >= 0.3 is 0 Å². The van der Waals surface area contributed by atoms with Gasteiger partial charge in [-0.15, -0.1) is 0 Å². The normalized spacial score (nSPS) is 14.2. The van der Waals surface area contributed by atoms with Gasteiger partial charge in [-0.2, -0.15) is 0 Å². The van der Waals surface area contributed by atoms with Gasteiger partial charge in [0.15, 0.2) is 5.82 Å². The third kappa shape index (κ3) is 6.92. The van der Waals surface area contributed by atoms with Gasteiger partial charge in [-0.3, -0.25) is 4.99 Å². The van der Waals surface area contributed by atoms with Crippen molar-refractivity contribution >= 4 is 28.5 Å². The molecule has 0 fully saturated rings. The summed E-state index contributed by atoms with van der Waals surface area (Å²) in [4.78, 5) is 15.6. The molecule has 1 aliphatic heterocycles. The average molecular weight is 778 g/mol. The Morgan fingerprint density at radius 2 is 0.787 bits per heavy atom. The van der Waals surface area contributed by atoms with E-state index < -0.39 is 0 Å². The number of benzene rings is 8. The van der Waals surface area contributed by atoms with Crippen LogP contribution in [-0.4, -0.2) is 21.7 Å². The number of hydrogen-bond donors (Lipinski definition) is 0. The van der Waals surface area contributed by atoms with Crippen molar-refractivity contribution in [2.45, 2.75) is 6.04 Å². The fraction of sp³-hybridized carbons (Fsp3) is 0.0172. The first-order valence-corrected chi connectivity index (χ1v) is 20.8. The second kappa shape index (κ2) is 15.6. The van der Waals surface area contributed by atoms with E-state index in [2.05, 4.69) is 194 Å². The molecule has 0 spiro atoms. The lowest BCUT2D eigenvalue weighted by Crippen LogP contribution is -2.13. The van der Waals surface area contributed by atoms with Crippen LogP contribution in [0.3, 0.4) is 0 Å². The first-order chi connectivity index (χ1) is 30.2. The van der Waals surface area contributed by atoms with Gasteiger partial charge in [0.1, 0.15) is 6.04 Å². The van der Waals surface area contributed by atoms with Crippen molar-refractivity contribution in [1.29, 1.82) is 0 Å². The number of nitrogens with zero attached hydrogens (tertiary/aromatic N) is 3. The van der Waals surface area contributed by atoms with Crippen molar-refractivity contribution in [1.82, 2.24) is 9.97 Å². The van der Waals surface area contributed by atoms with Crippen LogP contribution in [0.4, 0.5) is 0 Å². The minimum Gasteiger partial charge on any atom is -0.271 e. The highest BCUT2D eigenvalue weighted by Crippen LogP contribution is 2.49. The van der Waals surface area contributed by atoms with Crippen LogP contribution in [-0.2, 0) is 0 Å². The van der Waals surface area contributed by atoms with E-state index in [4.69, 9.17) is 15.0 Å². The van der Waals surface area contributed by atoms with Crippen molar-refractivity contribution in [3.8, 4) is 56.2 Å². The summed E-state index contributed by atoms with van der Waals surface area (Å²) in [6.07, 6.45) is 2.37. The summed E-state index contributed by atoms with van der Waals surface area (Å²) in [5, 5.41) is 0. The second-order valence-electron chi connectivity index (χ2n) is 15.5. The molecule has 2 heterocycles. The average Bonchev–Trinajstić information content (AvgIpc) is 3.76. The standard InChI is InChI=1S/C58H39N3/c1-6-17-40(18-7-1)51-37-49-36-48(33-34-50(49)55-54(43-21-10-3-11-22-43)56(61-57(51)55)44-23-12-4-13-24-44)47-28-16-27-46(35-47)39-29-31-42(32-30-39)53-38-52(41-19-8-2-9-20-41)59-58(60-53)45-25-14-5-15-26-45/h1-38,57H. The molecule has 1 unspecified atom stereocenters. The zero-order valence-corrected chi connectivity index (χ0v) is 33.4. The Morgan fingerprint density at radius 1 is 0.328 bits per heavy atom. The molecule has 0 saturated carbocycles. The number of rotatable bonds is 8. The predicted octanol–water partition coefficient (Wildman–Crippen LogP) is 14.1. The van der Waals surface area contributed by atoms with E-state index in [1.807, 2.05) is 36.4 Å². The molecule has 3 heteroatoms. The van der Waals surface area contributed by atoms with Crippen molar-refractivity contribution in [3.63, 3.8) is 0 Å². The SMILES string of the molecule is C1=C(c2ccccc2)C2N=C(c3ccccc3)C(c3ccccc3)=C2c2ccc(-c3cccc(-c4ccc(-c5cc(-c6ccccc6)nc(-c6ccccc6)n5)cc4)c3)cc21. The molecule has 0 radical (unpaired) electrons. The summed E-state index contributed by atoms with van der Waals surface area (Å²) in [7, 11) is 0. The molecular weight excluding hydrogens is 739 g/mol. The maximum absolute atomic E-state index is 5.55. The lowest BCUT2D eigenvalue weighted by molar-refractivity contribution is 1.08. The topological polar surface area (TPSA) is 38.1 Å². The Bertz CT molecular complexity index is 3080. The zero-order chi connectivity index (χ0) is 40.5. The van der Waals surface area contributed by atoms with Gasteiger partial charge in [-0.1, -0.05) is 206 Å². The first kappa shape index (κ1) is 36.1. The molecule has 0 bridgehead atoms. The molecule has 3 nitrogen and oxygen atoms in total. The van der Waals surface area contributed by atoms with Gasteiger partial charge in [0, 0.05) is 27.8 Å². The maximum Gasteiger partial charge on any atom is 0.160 e. The van der Waals surface area contributed by atoms with Gasteiger partial charge in [0.05, 0.1) is 17.1 Å². The monoisotopic (exact) mass is 777 g/mol. The maximum atomic E-state index is 5.55. The van der Waals surface area contributed by atoms with E-state index in [0.29, 0.717) is 5.82 Å². The summed E-state index contributed by atoms with van der Waals surface area (Å²) >= 11 is 0. The van der Waals surface area contributed by atoms with Crippen LogP contribution in [0.2, 0.25) is 0 Å². The van der Waals surface area contributed by atoms with E-state index in [-0.39, 0.29) is 6.04 Å². The molecule has 9 aromatic rings. The number of aliphatic imine (C=N–C) groups is 1. The molecule has 11 rings (SSSR count). The van der Waals surface area contributed by atoms with Crippen LogP contribution in [0.1, 0.15) is 27.8 Å². The summed E-state index contributed by atoms with van der Waals surface area (Å²) in [6.45, 7) is 0. The van der Waals surface area contributed by atoms with E-state index >= 15 is 0 Å². The van der Waals surface area contributed by atoms with E-state index in [9.17, 15) is 0 Å². The smallest absolute Gasteiger partial charge is 0.160 e. The van der Waals surface area contributed by atoms with Crippen molar-refractivity contribution in [3.05, 3.63) is 252 Å². The molecule has 286 valence electrons. The predicted molar refractivity (Wildman–Crippen MR) is 254 cm³/mol. The highest BCUT2D eigenvalue weighted by atomic mass is 14.9. The molecule has 0 N–H and O–H groups in total. The Kier molecular flexibility index (Phi) is 9.25. The van der Waals surface area contributed by atoms with Gasteiger partial charge < -0.3 is 0 Å². The second-order valence-corrected chi connectivity index (χ2v) is 15.5. The first-order valence-electron chi connectivity index (χ1n) is 20.8. The zero-order valence-electron chi connectivity index (χ0n) is 33.4. The highest BCUT2D eigenvalue weighted by Gasteiger charge is 2.37. The number of fused-ring (bicyclic) bond motifs is 3. The fourth-order valence-corrected chi connectivity index (χ4v) is 8.75. The third-order valence-corrected chi connectivity index (χ3v) is 11.7. The molecule has 8 aromatic carbocycles. The molecule has 0 amide bonds. The Hall–Kier alpha value is -8.01. The Balaban J connectivity index is 0.974. The Labute approximate surface area is 356 Å².